The molecule has 8 nitrogen and oxygen atoms in total. The first kappa shape index (κ1) is 18.7. The zero-order chi connectivity index (χ0) is 19.9. The minimum Gasteiger partial charge on any atom is -0.352 e. The molecule has 3 heterocycles. The smallest absolute Gasteiger partial charge is 0.273 e. The van der Waals surface area contributed by atoms with Crippen LogP contribution in [0.5, 0.6) is 0 Å². The summed E-state index contributed by atoms with van der Waals surface area (Å²) in [6.45, 7) is 2.62. The van der Waals surface area contributed by atoms with E-state index in [9.17, 15) is 18.0 Å². The van der Waals surface area contributed by atoms with E-state index in [1.165, 1.54) is 36.5 Å². The molecule has 9 heteroatoms. The summed E-state index contributed by atoms with van der Waals surface area (Å²) in [5.74, 6) is -0.375. The van der Waals surface area contributed by atoms with E-state index in [1.807, 2.05) is 0 Å². The predicted molar refractivity (Wildman–Crippen MR) is 104 cm³/mol. The van der Waals surface area contributed by atoms with Gasteiger partial charge in [-0.05, 0) is 69.2 Å². The van der Waals surface area contributed by atoms with Crippen molar-refractivity contribution in [1.29, 1.82) is 0 Å². The SMILES string of the molecule is CN1CCC(CNC(=O)c2ccc3c(c2)NC(=O)c2cccn2S3(=O)=O)CC1. The molecule has 2 aromatic rings. The predicted octanol–water partition coefficient (Wildman–Crippen LogP) is 1.36. The Morgan fingerprint density at radius 2 is 2.00 bits per heavy atom. The first-order chi connectivity index (χ1) is 13.4. The van der Waals surface area contributed by atoms with Crippen LogP contribution in [-0.2, 0) is 10.0 Å². The van der Waals surface area contributed by atoms with E-state index in [4.69, 9.17) is 0 Å². The maximum atomic E-state index is 12.8. The van der Waals surface area contributed by atoms with Crippen LogP contribution in [0.4, 0.5) is 5.69 Å². The lowest BCUT2D eigenvalue weighted by Gasteiger charge is -2.28. The molecule has 0 unspecified atom stereocenters. The van der Waals surface area contributed by atoms with Crippen LogP contribution in [-0.4, -0.2) is 55.8 Å². The molecule has 1 aromatic heterocycles. The lowest BCUT2D eigenvalue weighted by Crippen LogP contribution is -2.36. The zero-order valence-corrected chi connectivity index (χ0v) is 16.3. The van der Waals surface area contributed by atoms with Crippen molar-refractivity contribution in [2.75, 3.05) is 32.0 Å². The number of fused-ring (bicyclic) bond motifs is 2. The Kier molecular flexibility index (Phi) is 4.72. The van der Waals surface area contributed by atoms with Crippen LogP contribution in [0.3, 0.4) is 0 Å². The van der Waals surface area contributed by atoms with Crippen molar-refractivity contribution in [3.05, 3.63) is 47.8 Å². The van der Waals surface area contributed by atoms with E-state index in [2.05, 4.69) is 22.6 Å². The lowest BCUT2D eigenvalue weighted by atomic mass is 9.97. The Morgan fingerprint density at radius 3 is 2.75 bits per heavy atom. The fourth-order valence-electron chi connectivity index (χ4n) is 3.64. The summed E-state index contributed by atoms with van der Waals surface area (Å²) in [5, 5.41) is 5.53. The van der Waals surface area contributed by atoms with Gasteiger partial charge in [0.2, 0.25) is 0 Å². The van der Waals surface area contributed by atoms with Crippen LogP contribution in [0.15, 0.2) is 41.4 Å². The third kappa shape index (κ3) is 3.31. The molecule has 0 spiro atoms. The molecule has 0 saturated carbocycles. The first-order valence-corrected chi connectivity index (χ1v) is 10.7. The number of likely N-dealkylation sites (tertiary alicyclic amines) is 1. The van der Waals surface area contributed by atoms with Gasteiger partial charge in [-0.3, -0.25) is 9.59 Å². The molecule has 0 bridgehead atoms. The molecule has 4 rings (SSSR count). The number of nitrogens with zero attached hydrogens (tertiary/aromatic N) is 2. The Balaban J connectivity index is 1.55. The van der Waals surface area contributed by atoms with Crippen molar-refractivity contribution < 1.29 is 18.0 Å². The number of amides is 2. The zero-order valence-electron chi connectivity index (χ0n) is 15.5. The number of aromatic nitrogens is 1. The summed E-state index contributed by atoms with van der Waals surface area (Å²) in [6.07, 6.45) is 3.41. The number of carbonyl (C=O) groups excluding carboxylic acids is 2. The normalized spacial score (nSPS) is 19.2. The van der Waals surface area contributed by atoms with Gasteiger partial charge in [0.25, 0.3) is 21.8 Å². The summed E-state index contributed by atoms with van der Waals surface area (Å²) in [7, 11) is -1.82. The molecular formula is C19H22N4O4S. The van der Waals surface area contributed by atoms with Crippen LogP contribution < -0.4 is 10.6 Å². The number of nitrogens with one attached hydrogen (secondary N) is 2. The highest BCUT2D eigenvalue weighted by Crippen LogP contribution is 2.29. The van der Waals surface area contributed by atoms with Gasteiger partial charge in [-0.1, -0.05) is 0 Å². The van der Waals surface area contributed by atoms with Crippen LogP contribution in [0.1, 0.15) is 33.7 Å². The van der Waals surface area contributed by atoms with Gasteiger partial charge in [-0.2, -0.15) is 0 Å². The van der Waals surface area contributed by atoms with E-state index in [1.54, 1.807) is 0 Å². The average molecular weight is 402 g/mol. The van der Waals surface area contributed by atoms with Crippen molar-refractivity contribution in [1.82, 2.24) is 14.2 Å². The van der Waals surface area contributed by atoms with E-state index in [0.29, 0.717) is 18.0 Å². The van der Waals surface area contributed by atoms with E-state index < -0.39 is 15.9 Å². The Labute approximate surface area is 163 Å². The van der Waals surface area contributed by atoms with Gasteiger partial charge < -0.3 is 15.5 Å². The van der Waals surface area contributed by atoms with Gasteiger partial charge in [-0.15, -0.1) is 0 Å². The van der Waals surface area contributed by atoms with Crippen molar-refractivity contribution in [3.63, 3.8) is 0 Å². The van der Waals surface area contributed by atoms with Gasteiger partial charge in [0.15, 0.2) is 0 Å². The highest BCUT2D eigenvalue weighted by molar-refractivity contribution is 7.90. The number of hydrogen-bond donors (Lipinski definition) is 2. The maximum Gasteiger partial charge on any atom is 0.273 e. The molecule has 2 amide bonds. The van der Waals surface area contributed by atoms with Crippen LogP contribution in [0, 0.1) is 5.92 Å². The van der Waals surface area contributed by atoms with E-state index in [-0.39, 0.29) is 22.2 Å². The van der Waals surface area contributed by atoms with Gasteiger partial charge in [0, 0.05) is 18.3 Å². The molecule has 28 heavy (non-hydrogen) atoms. The highest BCUT2D eigenvalue weighted by Gasteiger charge is 2.30. The summed E-state index contributed by atoms with van der Waals surface area (Å²) in [4.78, 5) is 27.1. The molecule has 0 atom stereocenters. The van der Waals surface area contributed by atoms with Crippen LogP contribution in [0.25, 0.3) is 0 Å². The molecule has 2 N–H and O–H groups in total. The number of anilines is 1. The average Bonchev–Trinajstić information content (AvgIpc) is 3.15. The molecule has 2 aliphatic rings. The van der Waals surface area contributed by atoms with Crippen molar-refractivity contribution >= 4 is 27.5 Å². The highest BCUT2D eigenvalue weighted by atomic mass is 32.2. The van der Waals surface area contributed by atoms with Crippen molar-refractivity contribution in [2.24, 2.45) is 5.92 Å². The molecule has 1 aromatic carbocycles. The molecule has 0 aliphatic carbocycles. The van der Waals surface area contributed by atoms with Gasteiger partial charge in [0.1, 0.15) is 10.6 Å². The van der Waals surface area contributed by atoms with Crippen LogP contribution in [0.2, 0.25) is 0 Å². The molecule has 2 aliphatic heterocycles. The Hall–Kier alpha value is -2.65. The van der Waals surface area contributed by atoms with E-state index in [0.717, 1.165) is 29.9 Å². The number of rotatable bonds is 3. The number of hydrogen-bond acceptors (Lipinski definition) is 5. The second-order valence-corrected chi connectivity index (χ2v) is 9.10. The third-order valence-electron chi connectivity index (χ3n) is 5.36. The molecule has 0 radical (unpaired) electrons. The Bertz CT molecular complexity index is 1040. The monoisotopic (exact) mass is 402 g/mol. The van der Waals surface area contributed by atoms with Crippen LogP contribution >= 0.6 is 0 Å². The van der Waals surface area contributed by atoms with E-state index >= 15 is 0 Å². The number of piperidine rings is 1. The van der Waals surface area contributed by atoms with Gasteiger partial charge in [-0.25, -0.2) is 12.4 Å². The number of benzene rings is 1. The molecule has 148 valence electrons. The lowest BCUT2D eigenvalue weighted by molar-refractivity contribution is 0.0937. The van der Waals surface area contributed by atoms with Gasteiger partial charge >= 0.3 is 0 Å². The van der Waals surface area contributed by atoms with Crippen molar-refractivity contribution in [2.45, 2.75) is 17.7 Å². The Morgan fingerprint density at radius 1 is 1.25 bits per heavy atom. The summed E-state index contributed by atoms with van der Waals surface area (Å²) >= 11 is 0. The largest absolute Gasteiger partial charge is 0.352 e. The fourth-order valence-corrected chi connectivity index (χ4v) is 5.12. The molecule has 1 saturated heterocycles. The quantitative estimate of drug-likeness (QED) is 0.808. The molecule has 1 fully saturated rings. The summed E-state index contributed by atoms with van der Waals surface area (Å²) in [5.41, 5.74) is 0.457. The summed E-state index contributed by atoms with van der Waals surface area (Å²) in [6, 6.07) is 7.20. The minimum atomic E-state index is -3.91. The minimum absolute atomic E-state index is 0.0319. The standard InChI is InChI=1S/C19H22N4O4S/c1-22-9-6-13(7-10-22)12-20-18(24)14-4-5-17-15(11-14)21-19(25)16-3-2-8-23(16)28(17,26)27/h2-5,8,11,13H,6-7,9-10,12H2,1H3,(H,20,24)(H,21,25). The fraction of sp³-hybridized carbons (Fsp3) is 0.368. The topological polar surface area (TPSA) is 101 Å². The van der Waals surface area contributed by atoms with Gasteiger partial charge in [0.05, 0.1) is 5.69 Å². The maximum absolute atomic E-state index is 12.8. The number of carbonyl (C=O) groups is 2. The second kappa shape index (κ2) is 7.06. The summed E-state index contributed by atoms with van der Waals surface area (Å²) < 4.78 is 26.6. The van der Waals surface area contributed by atoms with Crippen molar-refractivity contribution in [3.8, 4) is 0 Å². The first-order valence-electron chi connectivity index (χ1n) is 9.21. The molecular weight excluding hydrogens is 380 g/mol. The third-order valence-corrected chi connectivity index (χ3v) is 7.11. The second-order valence-electron chi connectivity index (χ2n) is 7.32.